The van der Waals surface area contributed by atoms with Crippen LogP contribution in [0.5, 0.6) is 0 Å². The van der Waals surface area contributed by atoms with Crippen molar-refractivity contribution < 1.29 is 28.7 Å². The van der Waals surface area contributed by atoms with Crippen molar-refractivity contribution in [3.05, 3.63) is 0 Å². The Morgan fingerprint density at radius 2 is 0.880 bits per heavy atom. The van der Waals surface area contributed by atoms with Gasteiger partial charge in [0.2, 0.25) is 29.5 Å². The molecule has 0 fully saturated rings. The summed E-state index contributed by atoms with van der Waals surface area (Å²) in [6.45, 7) is 19.7. The van der Waals surface area contributed by atoms with Crippen LogP contribution in [0.3, 0.4) is 0 Å². The maximum Gasteiger partial charge on any atom is 0.220 e. The summed E-state index contributed by atoms with van der Waals surface area (Å²) in [6.07, 6.45) is 6.89. The minimum Gasteiger partial charge on any atom is -0.384 e. The molecule has 0 aliphatic heterocycles. The van der Waals surface area contributed by atoms with Gasteiger partial charge in [-0.3, -0.25) is 24.0 Å². The molecule has 0 aliphatic carbocycles. The maximum atomic E-state index is 13.5. The van der Waals surface area contributed by atoms with Gasteiger partial charge in [0.1, 0.15) is 0 Å². The van der Waals surface area contributed by atoms with Crippen LogP contribution in [0.2, 0.25) is 0 Å². The predicted molar refractivity (Wildman–Crippen MR) is 202 cm³/mol. The molecule has 0 bridgehead atoms. The topological polar surface area (TPSA) is 155 Å². The summed E-state index contributed by atoms with van der Waals surface area (Å²) in [6, 6.07) is 0. The first-order valence-corrected chi connectivity index (χ1v) is 19.6. The quantitative estimate of drug-likeness (QED) is 0.0649. The van der Waals surface area contributed by atoms with Crippen LogP contribution in [0.1, 0.15) is 145 Å². The molecule has 0 aliphatic rings. The molecule has 11 heteroatoms. The van der Waals surface area contributed by atoms with E-state index in [0.29, 0.717) is 88.1 Å². The summed E-state index contributed by atoms with van der Waals surface area (Å²) in [5, 5.41) is 15.1. The number of ether oxygens (including phenoxy) is 1. The van der Waals surface area contributed by atoms with Gasteiger partial charge in [0.25, 0.3) is 0 Å². The van der Waals surface area contributed by atoms with E-state index < -0.39 is 5.54 Å². The van der Waals surface area contributed by atoms with Gasteiger partial charge in [-0.05, 0) is 61.7 Å². The fraction of sp³-hybridized carbons (Fsp3) is 0.872. The molecule has 0 heterocycles. The molecule has 11 nitrogen and oxygen atoms in total. The number of amides is 5. The Morgan fingerprint density at radius 3 is 1.24 bits per heavy atom. The highest BCUT2D eigenvalue weighted by molar-refractivity contribution is 5.81. The lowest BCUT2D eigenvalue weighted by atomic mass is 9.82. The smallest absolute Gasteiger partial charge is 0.220 e. The Bertz CT molecular complexity index is 903. The summed E-state index contributed by atoms with van der Waals surface area (Å²) in [5.41, 5.74) is -0.943. The molecule has 0 saturated heterocycles. The number of methoxy groups -OCH3 is 1. The minimum absolute atomic E-state index is 0.0929. The molecular formula is C39H75N5O6. The van der Waals surface area contributed by atoms with Crippen molar-refractivity contribution in [1.82, 2.24) is 26.6 Å². The first-order valence-electron chi connectivity index (χ1n) is 19.6. The van der Waals surface area contributed by atoms with Gasteiger partial charge in [0, 0.05) is 77.5 Å². The fourth-order valence-corrected chi connectivity index (χ4v) is 5.57. The summed E-state index contributed by atoms with van der Waals surface area (Å²) < 4.78 is 5.30. The zero-order chi connectivity index (χ0) is 38.0. The van der Waals surface area contributed by atoms with Crippen LogP contribution in [0.15, 0.2) is 0 Å². The lowest BCUT2D eigenvalue weighted by molar-refractivity contribution is -0.127. The number of carbonyl (C=O) groups excluding carboxylic acids is 5. The van der Waals surface area contributed by atoms with Crippen LogP contribution < -0.4 is 26.6 Å². The van der Waals surface area contributed by atoms with E-state index in [1.165, 1.54) is 0 Å². The first-order chi connectivity index (χ1) is 23.7. The number of hydrogen-bond acceptors (Lipinski definition) is 6. The molecular weight excluding hydrogens is 634 g/mol. The van der Waals surface area contributed by atoms with E-state index in [2.05, 4.69) is 82.0 Å². The van der Waals surface area contributed by atoms with Gasteiger partial charge >= 0.3 is 0 Å². The second kappa shape index (κ2) is 28.0. The van der Waals surface area contributed by atoms with E-state index in [9.17, 15) is 24.0 Å². The Labute approximate surface area is 304 Å². The standard InChI is InChI=1S/C39H75N5O6/c1-10-29(5)24-40-35(46)17-20-39(21-18-36(47)41-25-30(6)11-2,22-19-37(48)42-26-31(7)12-3)44-38(49)16-14-15-34(45)43-27-32(8)23-33(13-4)28-50-9/h29-33H,10-28H2,1-9H3,(H,40,46)(H,41,47)(H,42,48)(H,43,45)(H,44,49). The van der Waals surface area contributed by atoms with Crippen molar-refractivity contribution in [3.8, 4) is 0 Å². The molecule has 50 heavy (non-hydrogen) atoms. The lowest BCUT2D eigenvalue weighted by Gasteiger charge is -2.35. The number of carbonyl (C=O) groups is 5. The van der Waals surface area contributed by atoms with Crippen molar-refractivity contribution in [3.63, 3.8) is 0 Å². The maximum absolute atomic E-state index is 13.5. The van der Waals surface area contributed by atoms with Gasteiger partial charge in [0.15, 0.2) is 0 Å². The molecule has 0 saturated carbocycles. The largest absolute Gasteiger partial charge is 0.384 e. The van der Waals surface area contributed by atoms with E-state index in [1.807, 2.05) is 0 Å². The summed E-state index contributed by atoms with van der Waals surface area (Å²) >= 11 is 0. The normalized spacial score (nSPS) is 15.5. The number of nitrogens with one attached hydrogen (secondary N) is 5. The van der Waals surface area contributed by atoms with Crippen LogP contribution in [0, 0.1) is 29.6 Å². The van der Waals surface area contributed by atoms with Crippen LogP contribution in [0.25, 0.3) is 0 Å². The zero-order valence-electron chi connectivity index (χ0n) is 33.3. The van der Waals surface area contributed by atoms with Crippen molar-refractivity contribution in [2.45, 2.75) is 151 Å². The van der Waals surface area contributed by atoms with Crippen LogP contribution >= 0.6 is 0 Å². The van der Waals surface area contributed by atoms with Crippen LogP contribution in [-0.4, -0.2) is 75.0 Å². The molecule has 5 atom stereocenters. The predicted octanol–water partition coefficient (Wildman–Crippen LogP) is 5.65. The van der Waals surface area contributed by atoms with Gasteiger partial charge < -0.3 is 31.3 Å². The second-order valence-electron chi connectivity index (χ2n) is 15.0. The second-order valence-corrected chi connectivity index (χ2v) is 15.0. The van der Waals surface area contributed by atoms with Gasteiger partial charge in [0.05, 0.1) is 0 Å². The third-order valence-corrected chi connectivity index (χ3v) is 10.1. The van der Waals surface area contributed by atoms with Crippen molar-refractivity contribution in [2.24, 2.45) is 29.6 Å². The van der Waals surface area contributed by atoms with Gasteiger partial charge in [-0.15, -0.1) is 0 Å². The van der Waals surface area contributed by atoms with E-state index in [-0.39, 0.29) is 61.6 Å². The molecule has 0 spiro atoms. The Balaban J connectivity index is 5.67. The Hall–Kier alpha value is -2.69. The number of hydrogen-bond donors (Lipinski definition) is 5. The van der Waals surface area contributed by atoms with Crippen molar-refractivity contribution >= 4 is 29.5 Å². The highest BCUT2D eigenvalue weighted by Gasteiger charge is 2.33. The average molecular weight is 710 g/mol. The first kappa shape index (κ1) is 47.3. The van der Waals surface area contributed by atoms with E-state index in [4.69, 9.17) is 4.74 Å². The highest BCUT2D eigenvalue weighted by Crippen LogP contribution is 2.27. The summed E-state index contributed by atoms with van der Waals surface area (Å²) in [5.74, 6) is 1.10. The molecule has 0 rings (SSSR count). The minimum atomic E-state index is -0.943. The van der Waals surface area contributed by atoms with Gasteiger partial charge in [-0.1, -0.05) is 81.1 Å². The molecule has 0 aromatic carbocycles. The Kier molecular flexibility index (Phi) is 26.5. The SMILES string of the molecule is CCC(C)CNC(=O)CCC(CCC(=O)NCC(C)CC)(CCC(=O)NCC(C)CC)NC(=O)CCCC(=O)NCC(C)CC(CC)COC. The summed E-state index contributed by atoms with van der Waals surface area (Å²) in [7, 11) is 1.71. The fourth-order valence-electron chi connectivity index (χ4n) is 5.57. The monoisotopic (exact) mass is 710 g/mol. The Morgan fingerprint density at radius 1 is 0.520 bits per heavy atom. The lowest BCUT2D eigenvalue weighted by Crippen LogP contribution is -2.50. The van der Waals surface area contributed by atoms with E-state index >= 15 is 0 Å². The van der Waals surface area contributed by atoms with Gasteiger partial charge in [-0.2, -0.15) is 0 Å². The van der Waals surface area contributed by atoms with E-state index in [0.717, 1.165) is 32.1 Å². The average Bonchev–Trinajstić information content (AvgIpc) is 3.10. The molecule has 5 amide bonds. The van der Waals surface area contributed by atoms with Crippen LogP contribution in [0.4, 0.5) is 0 Å². The molecule has 5 N–H and O–H groups in total. The van der Waals surface area contributed by atoms with Crippen molar-refractivity contribution in [1.29, 1.82) is 0 Å². The molecule has 5 unspecified atom stereocenters. The molecule has 0 aromatic heterocycles. The summed E-state index contributed by atoms with van der Waals surface area (Å²) in [4.78, 5) is 64.9. The number of rotatable bonds is 30. The zero-order valence-corrected chi connectivity index (χ0v) is 33.3. The highest BCUT2D eigenvalue weighted by atomic mass is 16.5. The van der Waals surface area contributed by atoms with E-state index in [1.54, 1.807) is 7.11 Å². The molecule has 0 aromatic rings. The third kappa shape index (κ3) is 23.7. The van der Waals surface area contributed by atoms with Gasteiger partial charge in [-0.25, -0.2) is 0 Å². The third-order valence-electron chi connectivity index (χ3n) is 10.1. The van der Waals surface area contributed by atoms with Crippen LogP contribution in [-0.2, 0) is 28.7 Å². The molecule has 0 radical (unpaired) electrons. The molecule has 292 valence electrons. The van der Waals surface area contributed by atoms with Crippen molar-refractivity contribution in [2.75, 3.05) is 39.9 Å².